The third-order valence-corrected chi connectivity index (χ3v) is 4.16. The molecule has 0 N–H and O–H groups in total. The lowest BCUT2D eigenvalue weighted by Gasteiger charge is -2.32. The van der Waals surface area contributed by atoms with Gasteiger partial charge in [-0.1, -0.05) is 0 Å². The van der Waals surface area contributed by atoms with Crippen LogP contribution in [0.2, 0.25) is 5.82 Å². The first-order chi connectivity index (χ1) is 7.69. The van der Waals surface area contributed by atoms with E-state index in [1.165, 1.54) is 0 Å². The number of ether oxygens (including phenoxy) is 1. The highest BCUT2D eigenvalue weighted by Crippen LogP contribution is 2.44. The van der Waals surface area contributed by atoms with Gasteiger partial charge in [0.1, 0.15) is 0 Å². The molecule has 2 rings (SSSR count). The molecule has 94 valence electrons. The molecule has 5 heteroatoms. The van der Waals surface area contributed by atoms with Crippen LogP contribution in [-0.2, 0) is 14.0 Å². The Labute approximate surface area is 103 Å². The van der Waals surface area contributed by atoms with Crippen molar-refractivity contribution < 1.29 is 14.0 Å². The minimum Gasteiger partial charge on any atom is -0.403 e. The van der Waals surface area contributed by atoms with E-state index < -0.39 is 5.60 Å². The van der Waals surface area contributed by atoms with Crippen molar-refractivity contribution in [3.8, 4) is 6.07 Å². The third kappa shape index (κ3) is 2.10. The molecular weight excluding hydrogens is 217 g/mol. The fraction of sp³-hybridized carbons (Fsp3) is 0.917. The predicted octanol–water partition coefficient (Wildman–Crippen LogP) is 2.15. The molecule has 0 aromatic carbocycles. The first-order valence-corrected chi connectivity index (χ1v) is 6.10. The maximum atomic E-state index is 9.03. The molecule has 2 heterocycles. The molecule has 0 aliphatic carbocycles. The van der Waals surface area contributed by atoms with Crippen molar-refractivity contribution >= 4 is 7.12 Å². The monoisotopic (exact) mass is 237 g/mol. The van der Waals surface area contributed by atoms with Gasteiger partial charge >= 0.3 is 7.12 Å². The van der Waals surface area contributed by atoms with Crippen LogP contribution in [0.15, 0.2) is 0 Å². The van der Waals surface area contributed by atoms with E-state index in [1.54, 1.807) is 0 Å². The zero-order valence-corrected chi connectivity index (χ0v) is 11.2. The normalized spacial score (nSPS) is 39.3. The van der Waals surface area contributed by atoms with E-state index in [9.17, 15) is 0 Å². The lowest BCUT2D eigenvalue weighted by Crippen LogP contribution is -2.41. The lowest BCUT2D eigenvalue weighted by atomic mass is 9.69. The Morgan fingerprint density at radius 1 is 1.12 bits per heavy atom. The molecule has 0 spiro atoms. The average molecular weight is 237 g/mol. The first kappa shape index (κ1) is 12.9. The van der Waals surface area contributed by atoms with Crippen LogP contribution in [0.4, 0.5) is 0 Å². The summed E-state index contributed by atoms with van der Waals surface area (Å²) in [5, 5.41) is 9.03. The van der Waals surface area contributed by atoms with Gasteiger partial charge < -0.3 is 14.0 Å². The molecule has 0 aromatic rings. The number of hydrogen-bond acceptors (Lipinski definition) is 4. The summed E-state index contributed by atoms with van der Waals surface area (Å²) in [6.45, 7) is 10.5. The number of rotatable bonds is 1. The summed E-state index contributed by atoms with van der Waals surface area (Å²) in [6.07, 6.45) is 0.667. The van der Waals surface area contributed by atoms with Gasteiger partial charge in [-0.15, -0.1) is 0 Å². The zero-order chi connectivity index (χ0) is 12.9. The quantitative estimate of drug-likeness (QED) is 0.655. The summed E-state index contributed by atoms with van der Waals surface area (Å²) in [5.74, 6) is 0.140. The zero-order valence-electron chi connectivity index (χ0n) is 11.2. The molecule has 2 saturated heterocycles. The molecule has 17 heavy (non-hydrogen) atoms. The second-order valence-electron chi connectivity index (χ2n) is 6.24. The molecule has 2 unspecified atom stereocenters. The van der Waals surface area contributed by atoms with E-state index in [0.29, 0.717) is 13.0 Å². The second kappa shape index (κ2) is 3.71. The van der Waals surface area contributed by atoms with Crippen LogP contribution in [0.1, 0.15) is 41.0 Å². The summed E-state index contributed by atoms with van der Waals surface area (Å²) in [4.78, 5) is 0. The molecule has 2 aliphatic rings. The van der Waals surface area contributed by atoms with Crippen LogP contribution >= 0.6 is 0 Å². The van der Waals surface area contributed by atoms with Gasteiger partial charge in [0.2, 0.25) is 0 Å². The Bertz CT molecular complexity index is 347. The molecule has 0 aromatic heterocycles. The van der Waals surface area contributed by atoms with E-state index in [4.69, 9.17) is 19.3 Å². The molecule has 0 saturated carbocycles. The van der Waals surface area contributed by atoms with Crippen LogP contribution in [0.25, 0.3) is 0 Å². The Morgan fingerprint density at radius 2 is 1.65 bits per heavy atom. The Balaban J connectivity index is 2.07. The highest BCUT2D eigenvalue weighted by molar-refractivity contribution is 6.47. The summed E-state index contributed by atoms with van der Waals surface area (Å²) < 4.78 is 17.5. The fourth-order valence-electron chi connectivity index (χ4n) is 2.24. The highest BCUT2D eigenvalue weighted by Gasteiger charge is 2.56. The molecule has 4 nitrogen and oxygen atoms in total. The van der Waals surface area contributed by atoms with E-state index >= 15 is 0 Å². The van der Waals surface area contributed by atoms with Gasteiger partial charge in [0, 0.05) is 5.82 Å². The van der Waals surface area contributed by atoms with Crippen LogP contribution in [-0.4, -0.2) is 30.5 Å². The number of nitrogens with zero attached hydrogens (tertiary/aromatic N) is 1. The van der Waals surface area contributed by atoms with Crippen molar-refractivity contribution in [3.05, 3.63) is 0 Å². The smallest absolute Gasteiger partial charge is 0.403 e. The van der Waals surface area contributed by atoms with Gasteiger partial charge in [-0.05, 0) is 41.0 Å². The number of hydrogen-bond donors (Lipinski definition) is 0. The maximum absolute atomic E-state index is 9.03. The third-order valence-electron chi connectivity index (χ3n) is 4.16. The second-order valence-corrected chi connectivity index (χ2v) is 6.24. The molecule has 2 atom stereocenters. The largest absolute Gasteiger partial charge is 0.463 e. The Kier molecular flexibility index (Phi) is 2.81. The molecule has 0 radical (unpaired) electrons. The van der Waals surface area contributed by atoms with Crippen molar-refractivity contribution in [2.45, 2.75) is 63.7 Å². The van der Waals surface area contributed by atoms with Crippen LogP contribution in [0.5, 0.6) is 0 Å². The minimum atomic E-state index is -0.686. The van der Waals surface area contributed by atoms with Crippen molar-refractivity contribution in [1.82, 2.24) is 0 Å². The maximum Gasteiger partial charge on any atom is 0.463 e. The summed E-state index contributed by atoms with van der Waals surface area (Å²) in [6, 6.07) is 2.20. The number of nitriles is 1. The Morgan fingerprint density at radius 3 is 2.06 bits per heavy atom. The minimum absolute atomic E-state index is 0.140. The van der Waals surface area contributed by atoms with E-state index in [-0.39, 0.29) is 24.1 Å². The highest BCUT2D eigenvalue weighted by atomic mass is 16.7. The molecule has 2 aliphatic heterocycles. The fourth-order valence-corrected chi connectivity index (χ4v) is 2.24. The lowest BCUT2D eigenvalue weighted by molar-refractivity contribution is 0.00578. The van der Waals surface area contributed by atoms with Gasteiger partial charge in [0.25, 0.3) is 0 Å². The predicted molar refractivity (Wildman–Crippen MR) is 64.4 cm³/mol. The van der Waals surface area contributed by atoms with Crippen molar-refractivity contribution in [2.75, 3.05) is 6.61 Å². The Hall–Kier alpha value is -0.565. The molecular formula is C12H20BNO3. The summed E-state index contributed by atoms with van der Waals surface area (Å²) >= 11 is 0. The van der Waals surface area contributed by atoms with E-state index in [0.717, 1.165) is 0 Å². The van der Waals surface area contributed by atoms with E-state index in [2.05, 4.69) is 6.07 Å². The van der Waals surface area contributed by atoms with Crippen molar-refractivity contribution in [1.29, 1.82) is 5.26 Å². The van der Waals surface area contributed by atoms with Gasteiger partial charge in [0.15, 0.2) is 5.60 Å². The van der Waals surface area contributed by atoms with Gasteiger partial charge in [-0.25, -0.2) is 0 Å². The molecule has 0 bridgehead atoms. The van der Waals surface area contributed by atoms with Gasteiger partial charge in [-0.2, -0.15) is 5.26 Å². The first-order valence-electron chi connectivity index (χ1n) is 6.10. The summed E-state index contributed by atoms with van der Waals surface area (Å²) in [5.41, 5.74) is -1.32. The van der Waals surface area contributed by atoms with Crippen LogP contribution < -0.4 is 0 Å². The van der Waals surface area contributed by atoms with Crippen molar-refractivity contribution in [2.24, 2.45) is 0 Å². The molecule has 2 fully saturated rings. The van der Waals surface area contributed by atoms with Gasteiger partial charge in [0.05, 0.1) is 23.9 Å². The standard InChI is InChI=1S/C12H20BNO3/c1-10(2)11(3,4)17-13(16-10)9-6-12(5,8-14)15-7-9/h9H,6-7H2,1-5H3. The summed E-state index contributed by atoms with van der Waals surface area (Å²) in [7, 11) is -0.268. The van der Waals surface area contributed by atoms with Crippen molar-refractivity contribution in [3.63, 3.8) is 0 Å². The van der Waals surface area contributed by atoms with Crippen LogP contribution in [0, 0.1) is 11.3 Å². The van der Waals surface area contributed by atoms with Crippen LogP contribution in [0.3, 0.4) is 0 Å². The molecule has 0 amide bonds. The SMILES string of the molecule is CC1(C#N)CC(B2OC(C)(C)C(C)(C)O2)CO1. The average Bonchev–Trinajstić information content (AvgIpc) is 2.68. The topological polar surface area (TPSA) is 51.5 Å². The van der Waals surface area contributed by atoms with E-state index in [1.807, 2.05) is 34.6 Å². The van der Waals surface area contributed by atoms with Gasteiger partial charge in [-0.3, -0.25) is 0 Å².